The number of hydrogen-bond donors (Lipinski definition) is 1. The van der Waals surface area contributed by atoms with Gasteiger partial charge in [0.2, 0.25) is 0 Å². The van der Waals surface area contributed by atoms with Crippen LogP contribution < -0.4 is 5.32 Å². The van der Waals surface area contributed by atoms with Crippen LogP contribution in [0.3, 0.4) is 0 Å². The minimum atomic E-state index is -4.30. The summed E-state index contributed by atoms with van der Waals surface area (Å²) in [6.45, 7) is 1.14. The summed E-state index contributed by atoms with van der Waals surface area (Å²) in [6, 6.07) is 15.4. The van der Waals surface area contributed by atoms with Crippen molar-refractivity contribution in [1.82, 2.24) is 10.2 Å². The van der Waals surface area contributed by atoms with Gasteiger partial charge in [0.25, 0.3) is 0 Å². The predicted octanol–water partition coefficient (Wildman–Crippen LogP) is 4.46. The van der Waals surface area contributed by atoms with Gasteiger partial charge in [-0.1, -0.05) is 42.5 Å². The van der Waals surface area contributed by atoms with Gasteiger partial charge in [-0.25, -0.2) is 0 Å². The van der Waals surface area contributed by atoms with Crippen molar-refractivity contribution in [2.75, 3.05) is 13.6 Å². The Bertz CT molecular complexity index is 715. The highest BCUT2D eigenvalue weighted by Gasteiger charge is 2.30. The normalized spacial score (nSPS) is 16.6. The van der Waals surface area contributed by atoms with Gasteiger partial charge in [-0.2, -0.15) is 13.2 Å². The van der Waals surface area contributed by atoms with Gasteiger partial charge in [0.15, 0.2) is 5.96 Å². The van der Waals surface area contributed by atoms with E-state index in [0.717, 1.165) is 23.7 Å². The number of nitrogens with one attached hydrogen (secondary N) is 1. The van der Waals surface area contributed by atoms with E-state index in [1.54, 1.807) is 0 Å². The molecular formula is C18H19F3IN3. The first kappa shape index (κ1) is 19.6. The van der Waals surface area contributed by atoms with Crippen LogP contribution in [0.1, 0.15) is 22.7 Å². The van der Waals surface area contributed by atoms with Crippen molar-refractivity contribution in [2.24, 2.45) is 4.99 Å². The molecule has 25 heavy (non-hydrogen) atoms. The topological polar surface area (TPSA) is 27.6 Å². The molecule has 1 aliphatic heterocycles. The molecule has 0 saturated heterocycles. The zero-order chi connectivity index (χ0) is 17.2. The number of benzene rings is 2. The number of hydrogen-bond acceptors (Lipinski definition) is 3. The Labute approximate surface area is 162 Å². The van der Waals surface area contributed by atoms with Crippen LogP contribution in [-0.2, 0) is 12.7 Å². The SMILES string of the molecule is CN(Cc1ccc(C(F)(F)F)cc1)C1=NCC(c2ccccc2)N1.I. The highest BCUT2D eigenvalue weighted by Crippen LogP contribution is 2.29. The van der Waals surface area contributed by atoms with E-state index in [2.05, 4.69) is 10.3 Å². The lowest BCUT2D eigenvalue weighted by atomic mass is 10.1. The van der Waals surface area contributed by atoms with Crippen LogP contribution in [-0.4, -0.2) is 24.5 Å². The smallest absolute Gasteiger partial charge is 0.348 e. The van der Waals surface area contributed by atoms with Crippen LogP contribution in [0, 0.1) is 0 Å². The summed E-state index contributed by atoms with van der Waals surface area (Å²) in [5.74, 6) is 0.753. The molecule has 0 amide bonds. The Kier molecular flexibility index (Phi) is 6.31. The Morgan fingerprint density at radius 1 is 1.08 bits per heavy atom. The van der Waals surface area contributed by atoms with Crippen molar-refractivity contribution < 1.29 is 13.2 Å². The third-order valence-electron chi connectivity index (χ3n) is 3.99. The van der Waals surface area contributed by atoms with E-state index in [1.165, 1.54) is 17.7 Å². The minimum Gasteiger partial charge on any atom is -0.348 e. The molecule has 2 aromatic rings. The molecule has 0 aliphatic carbocycles. The molecule has 1 atom stereocenters. The Hall–Kier alpha value is -1.77. The molecule has 0 fully saturated rings. The molecule has 1 N–H and O–H groups in total. The van der Waals surface area contributed by atoms with Gasteiger partial charge in [-0.15, -0.1) is 24.0 Å². The fraction of sp³-hybridized carbons (Fsp3) is 0.278. The lowest BCUT2D eigenvalue weighted by molar-refractivity contribution is -0.137. The van der Waals surface area contributed by atoms with Gasteiger partial charge in [-0.05, 0) is 23.3 Å². The third kappa shape index (κ3) is 4.87. The van der Waals surface area contributed by atoms with E-state index >= 15 is 0 Å². The first-order chi connectivity index (χ1) is 11.4. The molecule has 3 rings (SSSR count). The highest BCUT2D eigenvalue weighted by atomic mass is 127. The first-order valence-corrected chi connectivity index (χ1v) is 7.67. The standard InChI is InChI=1S/C18H18F3N3.HI/c1-24(12-13-7-9-15(10-8-13)18(19,20)21)17-22-11-16(23-17)14-5-3-2-4-6-14;/h2-10,16H,11-12H2,1H3,(H,22,23);1H. The summed E-state index contributed by atoms with van der Waals surface area (Å²) in [7, 11) is 1.87. The van der Waals surface area contributed by atoms with Gasteiger partial charge in [-0.3, -0.25) is 4.99 Å². The van der Waals surface area contributed by atoms with Crippen molar-refractivity contribution >= 4 is 29.9 Å². The van der Waals surface area contributed by atoms with Crippen molar-refractivity contribution in [3.8, 4) is 0 Å². The molecule has 2 aromatic carbocycles. The van der Waals surface area contributed by atoms with E-state index in [4.69, 9.17) is 0 Å². The van der Waals surface area contributed by atoms with E-state index in [9.17, 15) is 13.2 Å². The number of aliphatic imine (C=N–C) groups is 1. The number of nitrogens with zero attached hydrogens (tertiary/aromatic N) is 2. The van der Waals surface area contributed by atoms with Crippen LogP contribution in [0.25, 0.3) is 0 Å². The average molecular weight is 461 g/mol. The summed E-state index contributed by atoms with van der Waals surface area (Å²) in [6.07, 6.45) is -4.30. The maximum absolute atomic E-state index is 12.6. The van der Waals surface area contributed by atoms with E-state index in [-0.39, 0.29) is 30.0 Å². The zero-order valence-electron chi connectivity index (χ0n) is 13.6. The van der Waals surface area contributed by atoms with Gasteiger partial charge in [0.1, 0.15) is 0 Å². The number of rotatable bonds is 3. The van der Waals surface area contributed by atoms with Crippen LogP contribution in [0.4, 0.5) is 13.2 Å². The van der Waals surface area contributed by atoms with E-state index in [0.29, 0.717) is 13.1 Å². The van der Waals surface area contributed by atoms with Crippen LogP contribution >= 0.6 is 24.0 Å². The largest absolute Gasteiger partial charge is 0.416 e. The predicted molar refractivity (Wildman–Crippen MR) is 103 cm³/mol. The molecular weight excluding hydrogens is 442 g/mol. The number of alkyl halides is 3. The molecule has 0 spiro atoms. The first-order valence-electron chi connectivity index (χ1n) is 7.67. The monoisotopic (exact) mass is 461 g/mol. The number of guanidine groups is 1. The second-order valence-electron chi connectivity index (χ2n) is 5.82. The summed E-state index contributed by atoms with van der Waals surface area (Å²) in [5.41, 5.74) is 1.34. The lowest BCUT2D eigenvalue weighted by Gasteiger charge is -2.21. The van der Waals surface area contributed by atoms with Crippen LogP contribution in [0.2, 0.25) is 0 Å². The molecule has 0 radical (unpaired) electrons. The molecule has 0 bridgehead atoms. The molecule has 0 aromatic heterocycles. The molecule has 0 saturated carbocycles. The maximum atomic E-state index is 12.6. The van der Waals surface area contributed by atoms with Gasteiger partial charge in [0, 0.05) is 13.6 Å². The van der Waals surface area contributed by atoms with Crippen molar-refractivity contribution in [3.05, 3.63) is 71.3 Å². The zero-order valence-corrected chi connectivity index (χ0v) is 16.0. The van der Waals surface area contributed by atoms with Crippen LogP contribution in [0.15, 0.2) is 59.6 Å². The summed E-state index contributed by atoms with van der Waals surface area (Å²) in [4.78, 5) is 6.41. The van der Waals surface area contributed by atoms with Crippen LogP contribution in [0.5, 0.6) is 0 Å². The highest BCUT2D eigenvalue weighted by molar-refractivity contribution is 14.0. The lowest BCUT2D eigenvalue weighted by Crippen LogP contribution is -2.36. The molecule has 3 nitrogen and oxygen atoms in total. The second kappa shape index (κ2) is 8.07. The van der Waals surface area contributed by atoms with Crippen molar-refractivity contribution in [1.29, 1.82) is 0 Å². The van der Waals surface area contributed by atoms with Gasteiger partial charge >= 0.3 is 6.18 Å². The Balaban J connectivity index is 0.00000225. The minimum absolute atomic E-state index is 0. The fourth-order valence-electron chi connectivity index (χ4n) is 2.68. The van der Waals surface area contributed by atoms with Gasteiger partial charge in [0.05, 0.1) is 18.2 Å². The molecule has 1 unspecified atom stereocenters. The van der Waals surface area contributed by atoms with E-state index in [1.807, 2.05) is 42.3 Å². The quantitative estimate of drug-likeness (QED) is 0.684. The second-order valence-corrected chi connectivity index (χ2v) is 5.82. The maximum Gasteiger partial charge on any atom is 0.416 e. The van der Waals surface area contributed by atoms with E-state index < -0.39 is 11.7 Å². The third-order valence-corrected chi connectivity index (χ3v) is 3.99. The molecule has 7 heteroatoms. The Morgan fingerprint density at radius 3 is 2.32 bits per heavy atom. The van der Waals surface area contributed by atoms with Gasteiger partial charge < -0.3 is 10.2 Å². The summed E-state index contributed by atoms with van der Waals surface area (Å²) >= 11 is 0. The summed E-state index contributed by atoms with van der Waals surface area (Å²) in [5, 5.41) is 3.36. The Morgan fingerprint density at radius 2 is 1.72 bits per heavy atom. The number of halogens is 4. The fourth-order valence-corrected chi connectivity index (χ4v) is 2.68. The van der Waals surface area contributed by atoms with Crippen molar-refractivity contribution in [3.63, 3.8) is 0 Å². The molecule has 1 aliphatic rings. The average Bonchev–Trinajstić information content (AvgIpc) is 3.05. The molecule has 1 heterocycles. The summed E-state index contributed by atoms with van der Waals surface area (Å²) < 4.78 is 37.8. The van der Waals surface area contributed by atoms with Crippen molar-refractivity contribution in [2.45, 2.75) is 18.8 Å². The molecule has 134 valence electrons.